The van der Waals surface area contributed by atoms with E-state index in [0.29, 0.717) is 5.92 Å². The lowest BCUT2D eigenvalue weighted by atomic mass is 9.92. The molecule has 2 N–H and O–H groups in total. The molecule has 1 aromatic carbocycles. The van der Waals surface area contributed by atoms with Crippen LogP contribution in [-0.4, -0.2) is 34.9 Å². The van der Waals surface area contributed by atoms with Crippen molar-refractivity contribution in [3.05, 3.63) is 39.9 Å². The summed E-state index contributed by atoms with van der Waals surface area (Å²) in [5, 5.41) is 0.930. The molecule has 1 aliphatic rings. The van der Waals surface area contributed by atoms with E-state index in [-0.39, 0.29) is 11.9 Å². The van der Waals surface area contributed by atoms with E-state index < -0.39 is 0 Å². The zero-order valence-electron chi connectivity index (χ0n) is 15.5. The summed E-state index contributed by atoms with van der Waals surface area (Å²) < 4.78 is 0. The third-order valence-electron chi connectivity index (χ3n) is 5.09. The second-order valence-corrected chi connectivity index (χ2v) is 8.26. The SMILES string of the molecule is Cc1ccc(-c2nc(C)c(C(=O)N3CCCC(C(C)N)C3)s2)c(C)c1. The minimum atomic E-state index is 0.108. The molecule has 134 valence electrons. The van der Waals surface area contributed by atoms with Crippen LogP contribution in [0.4, 0.5) is 0 Å². The molecule has 0 saturated carbocycles. The Morgan fingerprint density at radius 2 is 2.12 bits per heavy atom. The molecule has 1 saturated heterocycles. The zero-order chi connectivity index (χ0) is 18.1. The number of carbonyl (C=O) groups excluding carboxylic acids is 1. The quantitative estimate of drug-likeness (QED) is 0.905. The summed E-state index contributed by atoms with van der Waals surface area (Å²) in [5.74, 6) is 0.501. The van der Waals surface area contributed by atoms with Crippen LogP contribution in [0.3, 0.4) is 0 Å². The minimum Gasteiger partial charge on any atom is -0.338 e. The summed E-state index contributed by atoms with van der Waals surface area (Å²) in [4.78, 5) is 20.4. The largest absolute Gasteiger partial charge is 0.338 e. The first-order valence-corrected chi connectivity index (χ1v) is 9.78. The average molecular weight is 358 g/mol. The summed E-state index contributed by atoms with van der Waals surface area (Å²) in [6.45, 7) is 9.73. The number of amides is 1. The van der Waals surface area contributed by atoms with Crippen molar-refractivity contribution >= 4 is 17.2 Å². The minimum absolute atomic E-state index is 0.108. The Morgan fingerprint density at radius 3 is 2.80 bits per heavy atom. The fourth-order valence-electron chi connectivity index (χ4n) is 3.53. The van der Waals surface area contributed by atoms with Crippen LogP contribution in [0.15, 0.2) is 18.2 Å². The Morgan fingerprint density at radius 1 is 1.36 bits per heavy atom. The molecule has 2 unspecified atom stereocenters. The van der Waals surface area contributed by atoms with Gasteiger partial charge in [0.1, 0.15) is 9.88 Å². The lowest BCUT2D eigenvalue weighted by molar-refractivity contribution is 0.0665. The fraction of sp³-hybridized carbons (Fsp3) is 0.500. The molecule has 1 aromatic heterocycles. The molecule has 0 radical (unpaired) electrons. The highest BCUT2D eigenvalue weighted by atomic mass is 32.1. The predicted octanol–water partition coefficient (Wildman–Crippen LogP) is 3.93. The summed E-state index contributed by atoms with van der Waals surface area (Å²) in [7, 11) is 0. The van der Waals surface area contributed by atoms with Crippen LogP contribution in [0.1, 0.15) is 46.3 Å². The van der Waals surface area contributed by atoms with E-state index >= 15 is 0 Å². The van der Waals surface area contributed by atoms with Gasteiger partial charge < -0.3 is 10.6 Å². The molecule has 1 fully saturated rings. The topological polar surface area (TPSA) is 59.2 Å². The van der Waals surface area contributed by atoms with Crippen LogP contribution in [0.25, 0.3) is 10.6 Å². The Hall–Kier alpha value is -1.72. The van der Waals surface area contributed by atoms with Gasteiger partial charge in [-0.05, 0) is 52.0 Å². The van der Waals surface area contributed by atoms with Gasteiger partial charge >= 0.3 is 0 Å². The number of thiazole rings is 1. The highest BCUT2D eigenvalue weighted by Gasteiger charge is 2.28. The summed E-state index contributed by atoms with van der Waals surface area (Å²) in [5.41, 5.74) is 10.4. The number of nitrogens with zero attached hydrogens (tertiary/aromatic N) is 2. The van der Waals surface area contributed by atoms with Crippen molar-refractivity contribution in [3.8, 4) is 10.6 Å². The molecule has 0 aliphatic carbocycles. The molecule has 25 heavy (non-hydrogen) atoms. The van der Waals surface area contributed by atoms with Gasteiger partial charge in [-0.2, -0.15) is 0 Å². The van der Waals surface area contributed by atoms with Crippen LogP contribution in [0, 0.1) is 26.7 Å². The normalized spacial score (nSPS) is 19.1. The molecule has 4 nitrogen and oxygen atoms in total. The number of likely N-dealkylation sites (tertiary alicyclic amines) is 1. The van der Waals surface area contributed by atoms with Crippen molar-refractivity contribution in [2.24, 2.45) is 11.7 Å². The Labute approximate surface area is 154 Å². The fourth-order valence-corrected chi connectivity index (χ4v) is 4.66. The Bertz CT molecular complexity index is 781. The Kier molecular flexibility index (Phi) is 5.25. The van der Waals surface area contributed by atoms with Crippen LogP contribution in [0.2, 0.25) is 0 Å². The van der Waals surface area contributed by atoms with E-state index in [1.807, 2.05) is 18.7 Å². The molecule has 0 spiro atoms. The van der Waals surface area contributed by atoms with Gasteiger partial charge in [0.2, 0.25) is 0 Å². The van der Waals surface area contributed by atoms with Gasteiger partial charge in [-0.25, -0.2) is 4.98 Å². The standard InChI is InChI=1S/C20H27N3OS/c1-12-7-8-17(13(2)10-12)19-22-15(4)18(25-19)20(24)23-9-5-6-16(11-23)14(3)21/h7-8,10,14,16H,5-6,9,11,21H2,1-4H3. The number of hydrogen-bond acceptors (Lipinski definition) is 4. The average Bonchev–Trinajstić information content (AvgIpc) is 2.95. The lowest BCUT2D eigenvalue weighted by Gasteiger charge is -2.34. The first-order valence-electron chi connectivity index (χ1n) is 8.96. The third kappa shape index (κ3) is 3.77. The first-order chi connectivity index (χ1) is 11.9. The lowest BCUT2D eigenvalue weighted by Crippen LogP contribution is -2.45. The number of carbonyl (C=O) groups is 1. The maximum atomic E-state index is 13.0. The molecule has 0 bridgehead atoms. The molecule has 2 atom stereocenters. The van der Waals surface area contributed by atoms with E-state index in [1.54, 1.807) is 0 Å². The molecule has 1 amide bonds. The maximum absolute atomic E-state index is 13.0. The predicted molar refractivity (Wildman–Crippen MR) is 104 cm³/mol. The maximum Gasteiger partial charge on any atom is 0.265 e. The van der Waals surface area contributed by atoms with Crippen molar-refractivity contribution in [2.45, 2.75) is 46.6 Å². The molecule has 1 aliphatic heterocycles. The van der Waals surface area contributed by atoms with Crippen molar-refractivity contribution in [3.63, 3.8) is 0 Å². The molecule has 3 rings (SSSR count). The van der Waals surface area contributed by atoms with Gasteiger partial charge in [-0.15, -0.1) is 11.3 Å². The number of benzene rings is 1. The second-order valence-electron chi connectivity index (χ2n) is 7.26. The van der Waals surface area contributed by atoms with E-state index in [0.717, 1.165) is 47.1 Å². The number of nitrogens with two attached hydrogens (primary N) is 1. The third-order valence-corrected chi connectivity index (χ3v) is 6.27. The van der Waals surface area contributed by atoms with Crippen LogP contribution < -0.4 is 5.73 Å². The van der Waals surface area contributed by atoms with E-state index in [4.69, 9.17) is 5.73 Å². The van der Waals surface area contributed by atoms with Crippen molar-refractivity contribution in [2.75, 3.05) is 13.1 Å². The first kappa shape index (κ1) is 18.1. The number of hydrogen-bond donors (Lipinski definition) is 1. The summed E-state index contributed by atoms with van der Waals surface area (Å²) in [6, 6.07) is 6.48. The van der Waals surface area contributed by atoms with Gasteiger partial charge in [0, 0.05) is 24.7 Å². The number of piperidine rings is 1. The van der Waals surface area contributed by atoms with Gasteiger partial charge in [0.05, 0.1) is 5.69 Å². The van der Waals surface area contributed by atoms with Gasteiger partial charge in [0.15, 0.2) is 0 Å². The molecule has 2 heterocycles. The van der Waals surface area contributed by atoms with Gasteiger partial charge in [-0.1, -0.05) is 23.8 Å². The highest BCUT2D eigenvalue weighted by molar-refractivity contribution is 7.17. The van der Waals surface area contributed by atoms with Crippen molar-refractivity contribution < 1.29 is 4.79 Å². The smallest absolute Gasteiger partial charge is 0.265 e. The van der Waals surface area contributed by atoms with Crippen molar-refractivity contribution in [1.82, 2.24) is 9.88 Å². The van der Waals surface area contributed by atoms with Crippen molar-refractivity contribution in [1.29, 1.82) is 0 Å². The molecule has 5 heteroatoms. The van der Waals surface area contributed by atoms with Gasteiger partial charge in [-0.3, -0.25) is 4.79 Å². The Balaban J connectivity index is 1.86. The number of rotatable bonds is 3. The number of aromatic nitrogens is 1. The monoisotopic (exact) mass is 357 g/mol. The molecular weight excluding hydrogens is 330 g/mol. The van der Waals surface area contributed by atoms with Gasteiger partial charge in [0.25, 0.3) is 5.91 Å². The summed E-state index contributed by atoms with van der Waals surface area (Å²) in [6.07, 6.45) is 2.14. The molecular formula is C20H27N3OS. The van der Waals surface area contributed by atoms with Crippen LogP contribution >= 0.6 is 11.3 Å². The second kappa shape index (κ2) is 7.26. The highest BCUT2D eigenvalue weighted by Crippen LogP contribution is 2.32. The van der Waals surface area contributed by atoms with E-state index in [1.165, 1.54) is 22.5 Å². The summed E-state index contributed by atoms with van der Waals surface area (Å²) >= 11 is 1.51. The van der Waals surface area contributed by atoms with E-state index in [9.17, 15) is 4.79 Å². The van der Waals surface area contributed by atoms with Crippen LogP contribution in [0.5, 0.6) is 0 Å². The van der Waals surface area contributed by atoms with E-state index in [2.05, 4.69) is 37.0 Å². The van der Waals surface area contributed by atoms with Crippen LogP contribution in [-0.2, 0) is 0 Å². The molecule has 2 aromatic rings. The number of aryl methyl sites for hydroxylation is 3. The zero-order valence-corrected chi connectivity index (χ0v) is 16.3.